The molecule has 0 aromatic heterocycles. The highest BCUT2D eigenvalue weighted by Crippen LogP contribution is 2.28. The summed E-state index contributed by atoms with van der Waals surface area (Å²) in [5.74, 6) is 0.540. The van der Waals surface area contributed by atoms with Crippen LogP contribution >= 0.6 is 0 Å². The van der Waals surface area contributed by atoms with Crippen LogP contribution in [0.1, 0.15) is 18.9 Å². The standard InChI is InChI=1S/C11H13FO2/c1-2-13-11-6-3-8-7-9(12)4-5-10(8)14-11/h4-5,7,11H,2-3,6H2,1H3/t11-/m0/s1. The second kappa shape index (κ2) is 3.96. The Kier molecular flexibility index (Phi) is 2.68. The zero-order chi connectivity index (χ0) is 9.97. The van der Waals surface area contributed by atoms with Crippen LogP contribution in [0, 0.1) is 5.82 Å². The van der Waals surface area contributed by atoms with Crippen molar-refractivity contribution in [3.8, 4) is 5.75 Å². The zero-order valence-corrected chi connectivity index (χ0v) is 8.13. The van der Waals surface area contributed by atoms with E-state index in [9.17, 15) is 4.39 Å². The third-order valence-corrected chi connectivity index (χ3v) is 2.28. The van der Waals surface area contributed by atoms with Crippen molar-refractivity contribution in [1.29, 1.82) is 0 Å². The summed E-state index contributed by atoms with van der Waals surface area (Å²) < 4.78 is 23.7. The molecule has 3 heteroatoms. The lowest BCUT2D eigenvalue weighted by atomic mass is 10.1. The fraction of sp³-hybridized carbons (Fsp3) is 0.455. The lowest BCUT2D eigenvalue weighted by Crippen LogP contribution is -2.25. The Morgan fingerprint density at radius 3 is 3.21 bits per heavy atom. The first kappa shape index (κ1) is 9.46. The van der Waals surface area contributed by atoms with Gasteiger partial charge in [0.15, 0.2) is 6.29 Å². The smallest absolute Gasteiger partial charge is 0.200 e. The van der Waals surface area contributed by atoms with Crippen molar-refractivity contribution in [3.63, 3.8) is 0 Å². The van der Waals surface area contributed by atoms with E-state index in [4.69, 9.17) is 9.47 Å². The molecule has 0 N–H and O–H groups in total. The van der Waals surface area contributed by atoms with E-state index < -0.39 is 0 Å². The SMILES string of the molecule is CCO[C@@H]1CCc2cc(F)ccc2O1. The third-order valence-electron chi connectivity index (χ3n) is 2.28. The second-order valence-corrected chi connectivity index (χ2v) is 3.29. The average molecular weight is 196 g/mol. The number of rotatable bonds is 2. The van der Waals surface area contributed by atoms with Crippen LogP contribution in [0.25, 0.3) is 0 Å². The number of hydrogen-bond donors (Lipinski definition) is 0. The molecule has 1 aromatic rings. The van der Waals surface area contributed by atoms with Gasteiger partial charge in [0.2, 0.25) is 0 Å². The summed E-state index contributed by atoms with van der Waals surface area (Å²) in [6.07, 6.45) is 1.44. The molecule has 1 aliphatic rings. The number of halogens is 1. The molecule has 0 bridgehead atoms. The summed E-state index contributed by atoms with van der Waals surface area (Å²) in [5.41, 5.74) is 0.931. The van der Waals surface area contributed by atoms with Crippen molar-refractivity contribution in [1.82, 2.24) is 0 Å². The van der Waals surface area contributed by atoms with Gasteiger partial charge >= 0.3 is 0 Å². The topological polar surface area (TPSA) is 18.5 Å². The van der Waals surface area contributed by atoms with Crippen molar-refractivity contribution in [3.05, 3.63) is 29.6 Å². The molecule has 76 valence electrons. The van der Waals surface area contributed by atoms with E-state index in [1.165, 1.54) is 12.1 Å². The van der Waals surface area contributed by atoms with Crippen LogP contribution < -0.4 is 4.74 Å². The molecule has 2 rings (SSSR count). The number of aryl methyl sites for hydroxylation is 1. The minimum Gasteiger partial charge on any atom is -0.465 e. The van der Waals surface area contributed by atoms with Crippen LogP contribution in [-0.4, -0.2) is 12.9 Å². The van der Waals surface area contributed by atoms with E-state index in [1.54, 1.807) is 6.07 Å². The van der Waals surface area contributed by atoms with Gasteiger partial charge in [-0.25, -0.2) is 4.39 Å². The van der Waals surface area contributed by atoms with Gasteiger partial charge in [0.1, 0.15) is 11.6 Å². The average Bonchev–Trinajstić information content (AvgIpc) is 2.19. The van der Waals surface area contributed by atoms with Crippen molar-refractivity contribution in [2.24, 2.45) is 0 Å². The third kappa shape index (κ3) is 1.87. The molecule has 0 saturated carbocycles. The van der Waals surface area contributed by atoms with E-state index in [2.05, 4.69) is 0 Å². The Labute approximate surface area is 82.6 Å². The predicted molar refractivity (Wildman–Crippen MR) is 50.8 cm³/mol. The molecule has 0 unspecified atom stereocenters. The Morgan fingerprint density at radius 1 is 1.57 bits per heavy atom. The van der Waals surface area contributed by atoms with Crippen molar-refractivity contribution < 1.29 is 13.9 Å². The normalized spacial score (nSPS) is 20.0. The monoisotopic (exact) mass is 196 g/mol. The van der Waals surface area contributed by atoms with E-state index in [1.807, 2.05) is 6.92 Å². The summed E-state index contributed by atoms with van der Waals surface area (Å²) in [4.78, 5) is 0. The molecule has 0 radical (unpaired) electrons. The highest BCUT2D eigenvalue weighted by Gasteiger charge is 2.19. The number of ether oxygens (including phenoxy) is 2. The highest BCUT2D eigenvalue weighted by atomic mass is 19.1. The molecule has 1 atom stereocenters. The van der Waals surface area contributed by atoms with Gasteiger partial charge in [-0.3, -0.25) is 0 Å². The quantitative estimate of drug-likeness (QED) is 0.723. The number of benzene rings is 1. The summed E-state index contributed by atoms with van der Waals surface area (Å²) in [7, 11) is 0. The molecule has 1 heterocycles. The van der Waals surface area contributed by atoms with E-state index >= 15 is 0 Å². The molecule has 0 aliphatic carbocycles. The van der Waals surface area contributed by atoms with Crippen LogP contribution in [0.4, 0.5) is 4.39 Å². The second-order valence-electron chi connectivity index (χ2n) is 3.29. The van der Waals surface area contributed by atoms with Gasteiger partial charge in [-0.05, 0) is 37.1 Å². The predicted octanol–water partition coefficient (Wildman–Crippen LogP) is 2.51. The Balaban J connectivity index is 2.15. The molecule has 1 aromatic carbocycles. The molecular weight excluding hydrogens is 183 g/mol. The molecule has 0 fully saturated rings. The fourth-order valence-electron chi connectivity index (χ4n) is 1.64. The van der Waals surface area contributed by atoms with Crippen molar-refractivity contribution >= 4 is 0 Å². The lowest BCUT2D eigenvalue weighted by molar-refractivity contribution is -0.0862. The van der Waals surface area contributed by atoms with E-state index in [0.29, 0.717) is 6.61 Å². The molecule has 1 aliphatic heterocycles. The van der Waals surface area contributed by atoms with E-state index in [-0.39, 0.29) is 12.1 Å². The lowest BCUT2D eigenvalue weighted by Gasteiger charge is -2.25. The Bertz CT molecular complexity index is 325. The van der Waals surface area contributed by atoms with Crippen LogP contribution in [0.15, 0.2) is 18.2 Å². The minimum absolute atomic E-state index is 0.169. The van der Waals surface area contributed by atoms with Gasteiger partial charge < -0.3 is 9.47 Å². The molecule has 0 saturated heterocycles. The molecule has 2 nitrogen and oxygen atoms in total. The van der Waals surface area contributed by atoms with Gasteiger partial charge in [0, 0.05) is 13.0 Å². The van der Waals surface area contributed by atoms with Crippen LogP contribution in [0.2, 0.25) is 0 Å². The summed E-state index contributed by atoms with van der Waals surface area (Å²) >= 11 is 0. The minimum atomic E-state index is -0.206. The van der Waals surface area contributed by atoms with Crippen LogP contribution in [0.3, 0.4) is 0 Å². The molecular formula is C11H13FO2. The highest BCUT2D eigenvalue weighted by molar-refractivity contribution is 5.35. The number of fused-ring (bicyclic) bond motifs is 1. The first-order valence-electron chi connectivity index (χ1n) is 4.86. The van der Waals surface area contributed by atoms with Crippen LogP contribution in [0.5, 0.6) is 5.75 Å². The Morgan fingerprint density at radius 2 is 2.43 bits per heavy atom. The Hall–Kier alpha value is -1.09. The van der Waals surface area contributed by atoms with Crippen LogP contribution in [-0.2, 0) is 11.2 Å². The summed E-state index contributed by atoms with van der Waals surface area (Å²) in [6.45, 7) is 2.57. The van der Waals surface area contributed by atoms with Gasteiger partial charge in [0.25, 0.3) is 0 Å². The first-order chi connectivity index (χ1) is 6.79. The maximum Gasteiger partial charge on any atom is 0.200 e. The van der Waals surface area contributed by atoms with Crippen molar-refractivity contribution in [2.75, 3.05) is 6.61 Å². The van der Waals surface area contributed by atoms with Gasteiger partial charge in [-0.2, -0.15) is 0 Å². The van der Waals surface area contributed by atoms with Gasteiger partial charge in [0.05, 0.1) is 0 Å². The fourth-order valence-corrected chi connectivity index (χ4v) is 1.64. The van der Waals surface area contributed by atoms with Gasteiger partial charge in [-0.15, -0.1) is 0 Å². The van der Waals surface area contributed by atoms with Gasteiger partial charge in [-0.1, -0.05) is 0 Å². The van der Waals surface area contributed by atoms with E-state index in [0.717, 1.165) is 24.2 Å². The zero-order valence-electron chi connectivity index (χ0n) is 8.13. The number of hydrogen-bond acceptors (Lipinski definition) is 2. The molecule has 0 spiro atoms. The summed E-state index contributed by atoms with van der Waals surface area (Å²) in [5, 5.41) is 0. The molecule has 0 amide bonds. The van der Waals surface area contributed by atoms with Crippen molar-refractivity contribution in [2.45, 2.75) is 26.1 Å². The maximum atomic E-state index is 12.9. The maximum absolute atomic E-state index is 12.9. The largest absolute Gasteiger partial charge is 0.465 e. The first-order valence-corrected chi connectivity index (χ1v) is 4.86. The molecule has 14 heavy (non-hydrogen) atoms. The summed E-state index contributed by atoms with van der Waals surface area (Å²) in [6, 6.07) is 4.60.